The molecule has 182 valence electrons. The Kier molecular flexibility index (Phi) is 12.0. The van der Waals surface area contributed by atoms with Crippen molar-refractivity contribution in [2.45, 2.75) is 129 Å². The smallest absolute Gasteiger partial charge is 0.159 e. The van der Waals surface area contributed by atoms with Crippen LogP contribution in [0.2, 0.25) is 0 Å². The lowest BCUT2D eigenvalue weighted by molar-refractivity contribution is 0.469. The Hall–Kier alpha value is -1.70. The van der Waals surface area contributed by atoms with Gasteiger partial charge in [0.05, 0.1) is 0 Å². The van der Waals surface area contributed by atoms with Gasteiger partial charge in [0.2, 0.25) is 0 Å². The number of aromatic nitrogens is 2. The largest absolute Gasteiger partial charge is 0.236 e. The van der Waals surface area contributed by atoms with Crippen LogP contribution in [-0.4, -0.2) is 9.97 Å². The molecule has 0 radical (unpaired) electrons. The molecular formula is C31H48N2. The van der Waals surface area contributed by atoms with Gasteiger partial charge >= 0.3 is 0 Å². The third-order valence-corrected chi connectivity index (χ3v) is 7.47. The van der Waals surface area contributed by atoms with Crippen molar-refractivity contribution in [2.24, 2.45) is 5.92 Å². The van der Waals surface area contributed by atoms with Gasteiger partial charge in [0.15, 0.2) is 5.82 Å². The van der Waals surface area contributed by atoms with Crippen molar-refractivity contribution in [1.29, 1.82) is 0 Å². The normalized spacial score (nSPS) is 15.2. The van der Waals surface area contributed by atoms with Gasteiger partial charge in [0.25, 0.3) is 0 Å². The van der Waals surface area contributed by atoms with Crippen LogP contribution in [0.25, 0.3) is 11.4 Å². The SMILES string of the molecule is CCCCCCCCCCc1cnc(-c2ccc3c(c2)CC(CCCCCCCC)C3)nc1. The maximum absolute atomic E-state index is 4.72. The fourth-order valence-corrected chi connectivity index (χ4v) is 5.36. The summed E-state index contributed by atoms with van der Waals surface area (Å²) in [4.78, 5) is 9.43. The summed E-state index contributed by atoms with van der Waals surface area (Å²) >= 11 is 0. The number of aryl methyl sites for hydroxylation is 1. The van der Waals surface area contributed by atoms with Gasteiger partial charge in [-0.3, -0.25) is 0 Å². The van der Waals surface area contributed by atoms with E-state index in [0.29, 0.717) is 0 Å². The van der Waals surface area contributed by atoms with E-state index in [1.54, 1.807) is 5.56 Å². The van der Waals surface area contributed by atoms with Crippen LogP contribution in [0.15, 0.2) is 30.6 Å². The zero-order chi connectivity index (χ0) is 23.1. The fourth-order valence-electron chi connectivity index (χ4n) is 5.36. The summed E-state index contributed by atoms with van der Waals surface area (Å²) < 4.78 is 0. The Morgan fingerprint density at radius 2 is 1.24 bits per heavy atom. The van der Waals surface area contributed by atoms with Crippen LogP contribution in [0.4, 0.5) is 0 Å². The summed E-state index contributed by atoms with van der Waals surface area (Å²) in [5.41, 5.74) is 5.56. The molecule has 2 nitrogen and oxygen atoms in total. The summed E-state index contributed by atoms with van der Waals surface area (Å²) in [5.74, 6) is 1.73. The molecule has 0 amide bonds. The first-order valence-electron chi connectivity index (χ1n) is 14.2. The van der Waals surface area contributed by atoms with Gasteiger partial charge in [-0.2, -0.15) is 0 Å². The molecule has 1 aliphatic rings. The zero-order valence-corrected chi connectivity index (χ0v) is 21.6. The van der Waals surface area contributed by atoms with Crippen molar-refractivity contribution in [3.05, 3.63) is 47.3 Å². The number of hydrogen-bond acceptors (Lipinski definition) is 2. The van der Waals surface area contributed by atoms with E-state index in [0.717, 1.165) is 18.2 Å². The lowest BCUT2D eigenvalue weighted by Crippen LogP contribution is -1.99. The molecule has 0 saturated heterocycles. The number of rotatable bonds is 17. The van der Waals surface area contributed by atoms with Gasteiger partial charge in [0, 0.05) is 18.0 Å². The fraction of sp³-hybridized carbons (Fsp3) is 0.677. The molecule has 1 heterocycles. The molecule has 2 heteroatoms. The van der Waals surface area contributed by atoms with Gasteiger partial charge < -0.3 is 0 Å². The van der Waals surface area contributed by atoms with E-state index in [2.05, 4.69) is 44.4 Å². The Labute approximate surface area is 204 Å². The summed E-state index contributed by atoms with van der Waals surface area (Å²) in [6, 6.07) is 6.94. The zero-order valence-electron chi connectivity index (χ0n) is 21.6. The van der Waals surface area contributed by atoms with Crippen LogP contribution in [0.1, 0.15) is 127 Å². The first-order chi connectivity index (χ1) is 16.3. The number of fused-ring (bicyclic) bond motifs is 1. The molecule has 1 aliphatic carbocycles. The predicted molar refractivity (Wildman–Crippen MR) is 143 cm³/mol. The Morgan fingerprint density at radius 3 is 1.91 bits per heavy atom. The number of unbranched alkanes of at least 4 members (excludes halogenated alkanes) is 12. The predicted octanol–water partition coefficient (Wildman–Crippen LogP) is 9.29. The number of hydrogen-bond donors (Lipinski definition) is 0. The van der Waals surface area contributed by atoms with E-state index < -0.39 is 0 Å². The van der Waals surface area contributed by atoms with Gasteiger partial charge in [-0.05, 0) is 60.8 Å². The standard InChI is InChI=1S/C31H48N2/c1-3-5-7-9-11-12-14-16-18-27-24-32-31(33-25-27)29-20-19-28-21-26(22-30(28)23-29)17-15-13-10-8-6-4-2/h19-20,23-26H,3-18,21-22H2,1-2H3. The van der Waals surface area contributed by atoms with E-state index in [4.69, 9.17) is 9.97 Å². The highest BCUT2D eigenvalue weighted by Crippen LogP contribution is 2.32. The molecule has 1 aromatic carbocycles. The van der Waals surface area contributed by atoms with Gasteiger partial charge in [-0.15, -0.1) is 0 Å². The highest BCUT2D eigenvalue weighted by Gasteiger charge is 2.21. The Morgan fingerprint density at radius 1 is 0.667 bits per heavy atom. The average molecular weight is 449 g/mol. The molecule has 0 aliphatic heterocycles. The first-order valence-corrected chi connectivity index (χ1v) is 14.2. The van der Waals surface area contributed by atoms with E-state index in [9.17, 15) is 0 Å². The summed E-state index contributed by atoms with van der Waals surface area (Å²) in [6.07, 6.45) is 28.4. The topological polar surface area (TPSA) is 25.8 Å². The third kappa shape index (κ3) is 9.22. The lowest BCUT2D eigenvalue weighted by atomic mass is 9.97. The van der Waals surface area contributed by atoms with E-state index in [1.165, 1.54) is 126 Å². The molecule has 3 rings (SSSR count). The Bertz CT molecular complexity index is 780. The minimum absolute atomic E-state index is 0.844. The van der Waals surface area contributed by atoms with Crippen molar-refractivity contribution < 1.29 is 0 Å². The van der Waals surface area contributed by atoms with Crippen LogP contribution >= 0.6 is 0 Å². The maximum Gasteiger partial charge on any atom is 0.159 e. The quantitative estimate of drug-likeness (QED) is 0.225. The molecule has 0 saturated carbocycles. The first kappa shape index (κ1) is 25.9. The second-order valence-corrected chi connectivity index (χ2v) is 10.5. The van der Waals surface area contributed by atoms with Gasteiger partial charge in [0.1, 0.15) is 0 Å². The van der Waals surface area contributed by atoms with Crippen LogP contribution in [0.5, 0.6) is 0 Å². The van der Waals surface area contributed by atoms with Crippen molar-refractivity contribution in [3.63, 3.8) is 0 Å². The minimum atomic E-state index is 0.844. The third-order valence-electron chi connectivity index (χ3n) is 7.47. The maximum atomic E-state index is 4.72. The van der Waals surface area contributed by atoms with E-state index in [1.807, 2.05) is 0 Å². The van der Waals surface area contributed by atoms with Crippen molar-refractivity contribution >= 4 is 0 Å². The highest BCUT2D eigenvalue weighted by atomic mass is 14.9. The second-order valence-electron chi connectivity index (χ2n) is 10.5. The van der Waals surface area contributed by atoms with Crippen LogP contribution in [0, 0.1) is 5.92 Å². The number of nitrogens with zero attached hydrogens (tertiary/aromatic N) is 2. The van der Waals surface area contributed by atoms with Crippen LogP contribution in [-0.2, 0) is 19.3 Å². The van der Waals surface area contributed by atoms with Gasteiger partial charge in [-0.25, -0.2) is 9.97 Å². The molecule has 0 N–H and O–H groups in total. The summed E-state index contributed by atoms with van der Waals surface area (Å²) in [6.45, 7) is 4.58. The van der Waals surface area contributed by atoms with Crippen LogP contribution < -0.4 is 0 Å². The van der Waals surface area contributed by atoms with E-state index in [-0.39, 0.29) is 0 Å². The Balaban J connectivity index is 1.38. The molecule has 0 bridgehead atoms. The average Bonchev–Trinajstić information content (AvgIpc) is 3.25. The molecule has 1 aromatic heterocycles. The van der Waals surface area contributed by atoms with E-state index >= 15 is 0 Å². The second kappa shape index (κ2) is 15.3. The molecular weight excluding hydrogens is 400 g/mol. The number of benzene rings is 1. The molecule has 0 fully saturated rings. The molecule has 2 aromatic rings. The molecule has 33 heavy (non-hydrogen) atoms. The minimum Gasteiger partial charge on any atom is -0.236 e. The van der Waals surface area contributed by atoms with Crippen molar-refractivity contribution in [3.8, 4) is 11.4 Å². The molecule has 1 unspecified atom stereocenters. The van der Waals surface area contributed by atoms with Crippen molar-refractivity contribution in [2.75, 3.05) is 0 Å². The summed E-state index contributed by atoms with van der Waals surface area (Å²) in [7, 11) is 0. The summed E-state index contributed by atoms with van der Waals surface area (Å²) in [5, 5.41) is 0. The van der Waals surface area contributed by atoms with Crippen LogP contribution in [0.3, 0.4) is 0 Å². The van der Waals surface area contributed by atoms with Gasteiger partial charge in [-0.1, -0.05) is 109 Å². The monoisotopic (exact) mass is 448 g/mol. The highest BCUT2D eigenvalue weighted by molar-refractivity contribution is 5.58. The molecule has 0 spiro atoms. The van der Waals surface area contributed by atoms with Crippen molar-refractivity contribution in [1.82, 2.24) is 9.97 Å². The lowest BCUT2D eigenvalue weighted by Gasteiger charge is -2.08. The molecule has 1 atom stereocenters.